The average molecular weight is 265 g/mol. The van der Waals surface area contributed by atoms with Gasteiger partial charge in [0.2, 0.25) is 0 Å². The molecule has 1 heteroatoms. The molecule has 1 nitrogen and oxygen atoms in total. The van der Waals surface area contributed by atoms with Crippen molar-refractivity contribution in [3.8, 4) is 0 Å². The van der Waals surface area contributed by atoms with Crippen LogP contribution in [0.25, 0.3) is 10.8 Å². The summed E-state index contributed by atoms with van der Waals surface area (Å²) in [6, 6.07) is 15.2. The Morgan fingerprint density at radius 3 is 2.50 bits per heavy atom. The summed E-state index contributed by atoms with van der Waals surface area (Å²) in [6.07, 6.45) is 9.66. The molecule has 3 rings (SSSR count). The molecule has 0 heterocycles. The van der Waals surface area contributed by atoms with Gasteiger partial charge in [0.15, 0.2) is 0 Å². The molecule has 0 atom stereocenters. The third kappa shape index (κ3) is 2.72. The maximum Gasteiger partial charge on any atom is 0.0408 e. The zero-order chi connectivity index (χ0) is 13.8. The summed E-state index contributed by atoms with van der Waals surface area (Å²) in [7, 11) is 0. The van der Waals surface area contributed by atoms with E-state index in [2.05, 4.69) is 60.4 Å². The second-order valence-corrected chi connectivity index (χ2v) is 6.02. The third-order valence-electron chi connectivity index (χ3n) is 4.50. The first-order valence-corrected chi connectivity index (χ1v) is 7.69. The van der Waals surface area contributed by atoms with Gasteiger partial charge in [-0.2, -0.15) is 0 Å². The lowest BCUT2D eigenvalue weighted by Gasteiger charge is -2.38. The smallest absolute Gasteiger partial charge is 0.0408 e. The van der Waals surface area contributed by atoms with E-state index < -0.39 is 0 Å². The van der Waals surface area contributed by atoms with Crippen LogP contribution in [-0.2, 0) is 0 Å². The fourth-order valence-electron chi connectivity index (χ4n) is 3.46. The molecule has 1 aliphatic carbocycles. The molecule has 0 saturated heterocycles. The molecule has 1 fully saturated rings. The summed E-state index contributed by atoms with van der Waals surface area (Å²) in [6.45, 7) is 3.95. The molecular formula is C19H23N. The van der Waals surface area contributed by atoms with E-state index in [1.54, 1.807) is 0 Å². The van der Waals surface area contributed by atoms with E-state index in [0.717, 1.165) is 6.42 Å². The monoisotopic (exact) mass is 265 g/mol. The van der Waals surface area contributed by atoms with Crippen molar-refractivity contribution in [2.24, 2.45) is 0 Å². The largest absolute Gasteiger partial charge is 0.379 e. The minimum atomic E-state index is 0.225. The van der Waals surface area contributed by atoms with Crippen LogP contribution >= 0.6 is 0 Å². The highest BCUT2D eigenvalue weighted by atomic mass is 15.0. The molecule has 20 heavy (non-hydrogen) atoms. The van der Waals surface area contributed by atoms with E-state index in [4.69, 9.17) is 0 Å². The van der Waals surface area contributed by atoms with Gasteiger partial charge in [0.1, 0.15) is 0 Å². The first kappa shape index (κ1) is 13.2. The summed E-state index contributed by atoms with van der Waals surface area (Å²) in [4.78, 5) is 0. The van der Waals surface area contributed by atoms with E-state index in [0.29, 0.717) is 0 Å². The minimum absolute atomic E-state index is 0.225. The number of benzene rings is 2. The van der Waals surface area contributed by atoms with Crippen LogP contribution in [-0.4, -0.2) is 5.54 Å². The highest BCUT2D eigenvalue weighted by molar-refractivity contribution is 5.85. The molecule has 1 aliphatic rings. The van der Waals surface area contributed by atoms with Gasteiger partial charge < -0.3 is 5.32 Å². The van der Waals surface area contributed by atoms with E-state index in [-0.39, 0.29) is 5.54 Å². The van der Waals surface area contributed by atoms with Crippen LogP contribution in [0, 0.1) is 0 Å². The zero-order valence-electron chi connectivity index (χ0n) is 12.1. The molecule has 0 radical (unpaired) electrons. The second-order valence-electron chi connectivity index (χ2n) is 6.02. The number of fused-ring (bicyclic) bond motifs is 1. The van der Waals surface area contributed by atoms with Crippen LogP contribution in [0.1, 0.15) is 38.5 Å². The molecule has 0 bridgehead atoms. The summed E-state index contributed by atoms with van der Waals surface area (Å²) in [5, 5.41) is 6.43. The van der Waals surface area contributed by atoms with Crippen molar-refractivity contribution in [2.45, 2.75) is 44.1 Å². The lowest BCUT2D eigenvalue weighted by Crippen LogP contribution is -2.39. The second kappa shape index (κ2) is 5.70. The number of anilines is 1. The number of rotatable bonds is 4. The van der Waals surface area contributed by atoms with Crippen LogP contribution in [0.4, 0.5) is 5.69 Å². The SMILES string of the molecule is C=CCC1(Nc2ccc3ccccc3c2)CCCCC1. The normalized spacial score (nSPS) is 17.8. The molecule has 0 aliphatic heterocycles. The molecule has 0 amide bonds. The van der Waals surface area contributed by atoms with Crippen molar-refractivity contribution in [2.75, 3.05) is 5.32 Å². The van der Waals surface area contributed by atoms with Gasteiger partial charge in [-0.25, -0.2) is 0 Å². The van der Waals surface area contributed by atoms with Gasteiger partial charge in [0, 0.05) is 11.2 Å². The van der Waals surface area contributed by atoms with Gasteiger partial charge in [-0.05, 0) is 42.2 Å². The summed E-state index contributed by atoms with van der Waals surface area (Å²) in [5.41, 5.74) is 1.47. The van der Waals surface area contributed by atoms with E-state index in [9.17, 15) is 0 Å². The van der Waals surface area contributed by atoms with Crippen LogP contribution in [0.15, 0.2) is 55.1 Å². The maximum atomic E-state index is 3.95. The molecule has 0 unspecified atom stereocenters. The lowest BCUT2D eigenvalue weighted by molar-refractivity contribution is 0.326. The van der Waals surface area contributed by atoms with Gasteiger partial charge in [0.25, 0.3) is 0 Å². The Hall–Kier alpha value is -1.76. The fraction of sp³-hybridized carbons (Fsp3) is 0.368. The molecule has 2 aromatic carbocycles. The van der Waals surface area contributed by atoms with Crippen molar-refractivity contribution >= 4 is 16.5 Å². The number of nitrogens with one attached hydrogen (secondary N) is 1. The Morgan fingerprint density at radius 1 is 1.00 bits per heavy atom. The Morgan fingerprint density at radius 2 is 1.75 bits per heavy atom. The Labute approximate surface area is 121 Å². The van der Waals surface area contributed by atoms with Gasteiger partial charge in [-0.15, -0.1) is 6.58 Å². The molecule has 1 N–H and O–H groups in total. The van der Waals surface area contributed by atoms with Crippen molar-refractivity contribution in [3.05, 3.63) is 55.1 Å². The van der Waals surface area contributed by atoms with E-state index in [1.165, 1.54) is 48.6 Å². The topological polar surface area (TPSA) is 12.0 Å². The fourth-order valence-corrected chi connectivity index (χ4v) is 3.46. The van der Waals surface area contributed by atoms with Gasteiger partial charge in [0.05, 0.1) is 0 Å². The zero-order valence-corrected chi connectivity index (χ0v) is 12.1. The Balaban J connectivity index is 1.87. The standard InChI is InChI=1S/C19H23N/c1-2-12-19(13-6-3-7-14-19)20-18-11-10-16-8-4-5-9-17(16)15-18/h2,4-5,8-11,15,20H,1,3,6-7,12-14H2. The van der Waals surface area contributed by atoms with Crippen LogP contribution in [0.3, 0.4) is 0 Å². The quantitative estimate of drug-likeness (QED) is 0.717. The average Bonchev–Trinajstić information content (AvgIpc) is 2.48. The number of hydrogen-bond acceptors (Lipinski definition) is 1. The van der Waals surface area contributed by atoms with Gasteiger partial charge >= 0.3 is 0 Å². The van der Waals surface area contributed by atoms with Crippen molar-refractivity contribution in [1.82, 2.24) is 0 Å². The molecule has 0 aromatic heterocycles. The predicted molar refractivity (Wildman–Crippen MR) is 88.2 cm³/mol. The van der Waals surface area contributed by atoms with Gasteiger partial charge in [-0.3, -0.25) is 0 Å². The predicted octanol–water partition coefficient (Wildman–Crippen LogP) is 5.53. The third-order valence-corrected chi connectivity index (χ3v) is 4.50. The van der Waals surface area contributed by atoms with Crippen LogP contribution < -0.4 is 5.32 Å². The number of hydrogen-bond donors (Lipinski definition) is 1. The first-order chi connectivity index (χ1) is 9.81. The van der Waals surface area contributed by atoms with Crippen molar-refractivity contribution in [3.63, 3.8) is 0 Å². The van der Waals surface area contributed by atoms with Crippen LogP contribution in [0.5, 0.6) is 0 Å². The van der Waals surface area contributed by atoms with Crippen molar-refractivity contribution < 1.29 is 0 Å². The van der Waals surface area contributed by atoms with Gasteiger partial charge in [-0.1, -0.05) is 55.7 Å². The molecule has 0 spiro atoms. The summed E-state index contributed by atoms with van der Waals surface area (Å²) < 4.78 is 0. The van der Waals surface area contributed by atoms with Crippen molar-refractivity contribution in [1.29, 1.82) is 0 Å². The molecular weight excluding hydrogens is 242 g/mol. The maximum absolute atomic E-state index is 3.95. The highest BCUT2D eigenvalue weighted by Crippen LogP contribution is 2.35. The lowest BCUT2D eigenvalue weighted by atomic mass is 9.79. The van der Waals surface area contributed by atoms with E-state index >= 15 is 0 Å². The minimum Gasteiger partial charge on any atom is -0.379 e. The van der Waals surface area contributed by atoms with Crippen LogP contribution in [0.2, 0.25) is 0 Å². The summed E-state index contributed by atoms with van der Waals surface area (Å²) >= 11 is 0. The first-order valence-electron chi connectivity index (χ1n) is 7.69. The Kier molecular flexibility index (Phi) is 3.77. The summed E-state index contributed by atoms with van der Waals surface area (Å²) in [5.74, 6) is 0. The Bertz CT molecular complexity index is 593. The highest BCUT2D eigenvalue weighted by Gasteiger charge is 2.30. The molecule has 1 saturated carbocycles. The van der Waals surface area contributed by atoms with E-state index in [1.807, 2.05) is 0 Å². The molecule has 104 valence electrons. The molecule has 2 aromatic rings.